The van der Waals surface area contributed by atoms with Gasteiger partial charge in [-0.05, 0) is 43.3 Å². The lowest BCUT2D eigenvalue weighted by atomic mass is 10.0. The van der Waals surface area contributed by atoms with Gasteiger partial charge in [0.2, 0.25) is 0 Å². The van der Waals surface area contributed by atoms with Gasteiger partial charge in [-0.3, -0.25) is 9.78 Å². The number of carbonyl (C=O) groups is 1. The molecule has 0 amide bonds. The van der Waals surface area contributed by atoms with Crippen LogP contribution in [0.15, 0.2) is 57.9 Å². The first-order valence-electron chi connectivity index (χ1n) is 7.80. The molecule has 0 aliphatic rings. The van der Waals surface area contributed by atoms with Crippen molar-refractivity contribution in [3.05, 3.63) is 80.8 Å². The summed E-state index contributed by atoms with van der Waals surface area (Å²) in [6.07, 6.45) is 1.38. The summed E-state index contributed by atoms with van der Waals surface area (Å²) in [6.45, 7) is 1.82. The Kier molecular flexibility index (Phi) is 3.74. The maximum Gasteiger partial charge on any atom is 0.345 e. The summed E-state index contributed by atoms with van der Waals surface area (Å²) in [5.74, 6) is -0.552. The fourth-order valence-corrected chi connectivity index (χ4v) is 3.05. The van der Waals surface area contributed by atoms with Gasteiger partial charge < -0.3 is 9.52 Å². The zero-order valence-corrected chi connectivity index (χ0v) is 14.4. The molecule has 0 fully saturated rings. The van der Waals surface area contributed by atoms with Crippen LogP contribution in [0.25, 0.3) is 21.9 Å². The van der Waals surface area contributed by atoms with Crippen molar-refractivity contribution in [3.8, 4) is 5.75 Å². The molecule has 4 aromatic rings. The lowest BCUT2D eigenvalue weighted by molar-refractivity contribution is 0.103. The summed E-state index contributed by atoms with van der Waals surface area (Å²) >= 11 is 6.02. The number of aryl methyl sites for hydroxylation is 1. The fourth-order valence-electron chi connectivity index (χ4n) is 2.88. The van der Waals surface area contributed by atoms with Crippen molar-refractivity contribution < 1.29 is 14.3 Å². The molecule has 2 heterocycles. The number of aromatic nitrogens is 1. The Morgan fingerprint density at radius 3 is 2.73 bits per heavy atom. The molecule has 2 aromatic carbocycles. The van der Waals surface area contributed by atoms with Crippen LogP contribution in [-0.4, -0.2) is 15.9 Å². The maximum absolute atomic E-state index is 12.7. The number of fused-ring (bicyclic) bond motifs is 3. The topological polar surface area (TPSA) is 80.4 Å². The zero-order valence-electron chi connectivity index (χ0n) is 13.6. The van der Waals surface area contributed by atoms with E-state index in [2.05, 4.69) is 4.98 Å². The van der Waals surface area contributed by atoms with Crippen molar-refractivity contribution in [1.29, 1.82) is 0 Å². The molecule has 4 rings (SSSR count). The van der Waals surface area contributed by atoms with E-state index in [-0.39, 0.29) is 22.3 Å². The van der Waals surface area contributed by atoms with E-state index in [1.54, 1.807) is 30.3 Å². The second kappa shape index (κ2) is 5.97. The van der Waals surface area contributed by atoms with Gasteiger partial charge in [-0.15, -0.1) is 0 Å². The first kappa shape index (κ1) is 16.3. The summed E-state index contributed by atoms with van der Waals surface area (Å²) in [5, 5.41) is 11.2. The van der Waals surface area contributed by atoms with Crippen LogP contribution in [0.3, 0.4) is 0 Å². The number of carbonyl (C=O) groups excluding carboxylic acids is 1. The van der Waals surface area contributed by atoms with Crippen molar-refractivity contribution in [2.75, 3.05) is 0 Å². The number of halogens is 1. The van der Waals surface area contributed by atoms with Crippen LogP contribution in [0.4, 0.5) is 0 Å². The summed E-state index contributed by atoms with van der Waals surface area (Å²) in [7, 11) is 0. The van der Waals surface area contributed by atoms with Gasteiger partial charge in [0.05, 0.1) is 16.5 Å². The molecule has 0 aliphatic carbocycles. The Hall–Kier alpha value is -3.18. The van der Waals surface area contributed by atoms with Gasteiger partial charge in [-0.2, -0.15) is 0 Å². The van der Waals surface area contributed by atoms with Gasteiger partial charge in [-0.25, -0.2) is 4.79 Å². The number of aromatic hydroxyl groups is 1. The Labute approximate surface area is 152 Å². The molecule has 128 valence electrons. The molecule has 0 bridgehead atoms. The van der Waals surface area contributed by atoms with E-state index in [0.29, 0.717) is 21.5 Å². The number of ketones is 1. The van der Waals surface area contributed by atoms with Crippen LogP contribution in [0.1, 0.15) is 21.5 Å². The molecule has 26 heavy (non-hydrogen) atoms. The smallest absolute Gasteiger partial charge is 0.345 e. The third-order valence-corrected chi connectivity index (χ3v) is 4.40. The highest BCUT2D eigenvalue weighted by atomic mass is 35.5. The highest BCUT2D eigenvalue weighted by molar-refractivity contribution is 6.31. The van der Waals surface area contributed by atoms with Gasteiger partial charge in [0.25, 0.3) is 0 Å². The van der Waals surface area contributed by atoms with Gasteiger partial charge in [-0.1, -0.05) is 23.2 Å². The largest absolute Gasteiger partial charge is 0.507 e. The van der Waals surface area contributed by atoms with Crippen LogP contribution in [-0.2, 0) is 0 Å². The Bertz CT molecular complexity index is 1260. The zero-order chi connectivity index (χ0) is 18.4. The summed E-state index contributed by atoms with van der Waals surface area (Å²) in [6, 6.07) is 11.1. The first-order valence-corrected chi connectivity index (χ1v) is 8.18. The third-order valence-electron chi connectivity index (χ3n) is 4.17. The summed E-state index contributed by atoms with van der Waals surface area (Å²) in [4.78, 5) is 29.3. The minimum Gasteiger partial charge on any atom is -0.507 e. The number of pyridine rings is 1. The average molecular weight is 366 g/mol. The van der Waals surface area contributed by atoms with Gasteiger partial charge in [0.1, 0.15) is 11.3 Å². The molecule has 1 N–H and O–H groups in total. The lowest BCUT2D eigenvalue weighted by Crippen LogP contribution is -2.07. The Morgan fingerprint density at radius 2 is 1.92 bits per heavy atom. The standard InChI is InChI=1S/C20H12ClNO4/c1-10-2-4-16(23)13(6-10)19(24)11-7-15-18(22-9-11)14-8-12(21)3-5-17(14)26-20(15)25/h2-9,23H,1H3. The number of benzene rings is 2. The number of nitrogens with zero attached hydrogens (tertiary/aromatic N) is 1. The molecule has 0 radical (unpaired) electrons. The highest BCUT2D eigenvalue weighted by Crippen LogP contribution is 2.26. The average Bonchev–Trinajstić information content (AvgIpc) is 2.63. The predicted molar refractivity (Wildman–Crippen MR) is 99.1 cm³/mol. The molecule has 2 aromatic heterocycles. The molecule has 0 saturated carbocycles. The molecule has 0 aliphatic heterocycles. The van der Waals surface area contributed by atoms with Gasteiger partial charge in [0, 0.05) is 22.2 Å². The minimum absolute atomic E-state index is 0.127. The van der Waals surface area contributed by atoms with Crippen molar-refractivity contribution in [3.63, 3.8) is 0 Å². The van der Waals surface area contributed by atoms with Crippen LogP contribution >= 0.6 is 11.6 Å². The molecular formula is C20H12ClNO4. The minimum atomic E-state index is -0.592. The van der Waals surface area contributed by atoms with Crippen LogP contribution in [0, 0.1) is 6.92 Å². The van der Waals surface area contributed by atoms with E-state index in [1.807, 2.05) is 6.92 Å². The summed E-state index contributed by atoms with van der Waals surface area (Å²) in [5.41, 5.74) is 1.36. The predicted octanol–water partition coefficient (Wildman–Crippen LogP) is 4.24. The monoisotopic (exact) mass is 365 g/mol. The second-order valence-electron chi connectivity index (χ2n) is 6.00. The third kappa shape index (κ3) is 2.62. The molecule has 0 saturated heterocycles. The van der Waals surface area contributed by atoms with Gasteiger partial charge >= 0.3 is 5.63 Å². The molecule has 0 atom stereocenters. The van der Waals surface area contributed by atoms with E-state index < -0.39 is 11.4 Å². The van der Waals surface area contributed by atoms with Crippen LogP contribution in [0.5, 0.6) is 5.75 Å². The molecule has 0 spiro atoms. The van der Waals surface area contributed by atoms with Crippen molar-refractivity contribution in [1.82, 2.24) is 4.98 Å². The fraction of sp³-hybridized carbons (Fsp3) is 0.0500. The number of hydrogen-bond donors (Lipinski definition) is 1. The van der Waals surface area contributed by atoms with E-state index >= 15 is 0 Å². The number of rotatable bonds is 2. The van der Waals surface area contributed by atoms with Gasteiger partial charge in [0.15, 0.2) is 5.78 Å². The normalized spacial score (nSPS) is 11.2. The van der Waals surface area contributed by atoms with Crippen LogP contribution in [0.2, 0.25) is 5.02 Å². The summed E-state index contributed by atoms with van der Waals surface area (Å²) < 4.78 is 5.30. The molecular weight excluding hydrogens is 354 g/mol. The molecule has 5 nitrogen and oxygen atoms in total. The van der Waals surface area contributed by atoms with Crippen molar-refractivity contribution in [2.24, 2.45) is 0 Å². The number of hydrogen-bond acceptors (Lipinski definition) is 5. The number of phenolic OH excluding ortho intramolecular Hbond substituents is 1. The molecule has 0 unspecified atom stereocenters. The maximum atomic E-state index is 12.7. The van der Waals surface area contributed by atoms with Crippen LogP contribution < -0.4 is 5.63 Å². The highest BCUT2D eigenvalue weighted by Gasteiger charge is 2.17. The van der Waals surface area contributed by atoms with E-state index in [0.717, 1.165) is 5.56 Å². The SMILES string of the molecule is Cc1ccc(O)c(C(=O)c2cnc3c(c2)c(=O)oc2ccc(Cl)cc23)c1. The number of phenols is 1. The Morgan fingerprint density at radius 1 is 1.12 bits per heavy atom. The quantitative estimate of drug-likeness (QED) is 0.326. The van der Waals surface area contributed by atoms with E-state index in [4.69, 9.17) is 16.0 Å². The first-order chi connectivity index (χ1) is 12.4. The van der Waals surface area contributed by atoms with Crippen molar-refractivity contribution in [2.45, 2.75) is 6.92 Å². The lowest BCUT2D eigenvalue weighted by Gasteiger charge is -2.07. The van der Waals surface area contributed by atoms with E-state index in [1.165, 1.54) is 18.3 Å². The second-order valence-corrected chi connectivity index (χ2v) is 6.44. The Balaban J connectivity index is 1.94. The van der Waals surface area contributed by atoms with E-state index in [9.17, 15) is 14.7 Å². The molecule has 6 heteroatoms. The van der Waals surface area contributed by atoms with Crippen molar-refractivity contribution >= 4 is 39.3 Å².